The van der Waals surface area contributed by atoms with Gasteiger partial charge in [0.2, 0.25) is 5.91 Å². The molecule has 3 aromatic rings. The van der Waals surface area contributed by atoms with E-state index in [9.17, 15) is 9.90 Å². The van der Waals surface area contributed by atoms with Crippen LogP contribution in [-0.2, 0) is 11.3 Å². The molecular formula is C21H23N2O3S+. The lowest BCUT2D eigenvalue weighted by atomic mass is 10.0. The Morgan fingerprint density at radius 3 is 3.00 bits per heavy atom. The number of benzene rings is 2. The van der Waals surface area contributed by atoms with Gasteiger partial charge in [0.05, 0.1) is 19.0 Å². The zero-order valence-electron chi connectivity index (χ0n) is 15.3. The number of thiophene rings is 1. The van der Waals surface area contributed by atoms with E-state index in [1.807, 2.05) is 25.1 Å². The van der Waals surface area contributed by atoms with Gasteiger partial charge in [0.1, 0.15) is 6.61 Å². The maximum atomic E-state index is 12.6. The quantitative estimate of drug-likeness (QED) is 0.730. The van der Waals surface area contributed by atoms with Crippen molar-refractivity contribution in [1.29, 1.82) is 0 Å². The standard InChI is InChI=1S/C21H22N2O3S/c1-13(10-22)21(25)23-6-7-26-20-15(11-23)8-14(9-18(20)24)17-12-27-19-5-3-2-4-16(17)19/h2-5,8-9,12-13,24H,6-7,10-11,22H2,1H3/p+1/t13-/m1/s1. The monoisotopic (exact) mass is 383 g/mol. The van der Waals surface area contributed by atoms with Gasteiger partial charge in [-0.3, -0.25) is 4.79 Å². The van der Waals surface area contributed by atoms with Crippen LogP contribution in [0.15, 0.2) is 41.8 Å². The molecule has 140 valence electrons. The first-order valence-corrected chi connectivity index (χ1v) is 9.99. The van der Waals surface area contributed by atoms with Crippen molar-refractivity contribution in [3.8, 4) is 22.6 Å². The number of hydrogen-bond donors (Lipinski definition) is 2. The number of phenolic OH excluding ortho intramolecular Hbond substituents is 1. The molecule has 0 saturated carbocycles. The average Bonchev–Trinajstić information content (AvgIpc) is 2.99. The molecular weight excluding hydrogens is 360 g/mol. The fourth-order valence-electron chi connectivity index (χ4n) is 3.48. The van der Waals surface area contributed by atoms with Crippen molar-refractivity contribution in [2.24, 2.45) is 5.92 Å². The second kappa shape index (κ2) is 7.21. The van der Waals surface area contributed by atoms with Gasteiger partial charge in [-0.2, -0.15) is 0 Å². The Hall–Kier alpha value is -2.57. The van der Waals surface area contributed by atoms with E-state index in [-0.39, 0.29) is 17.6 Å². The predicted octanol–water partition coefficient (Wildman–Crippen LogP) is 2.87. The van der Waals surface area contributed by atoms with Gasteiger partial charge < -0.3 is 20.5 Å². The molecule has 5 nitrogen and oxygen atoms in total. The third-order valence-electron chi connectivity index (χ3n) is 5.07. The summed E-state index contributed by atoms with van der Waals surface area (Å²) < 4.78 is 6.98. The van der Waals surface area contributed by atoms with Crippen LogP contribution >= 0.6 is 11.3 Å². The lowest BCUT2D eigenvalue weighted by Crippen LogP contribution is -2.56. The van der Waals surface area contributed by atoms with Crippen LogP contribution in [0.5, 0.6) is 11.5 Å². The Balaban J connectivity index is 1.75. The van der Waals surface area contributed by atoms with Gasteiger partial charge in [0.25, 0.3) is 0 Å². The highest BCUT2D eigenvalue weighted by atomic mass is 32.1. The van der Waals surface area contributed by atoms with Gasteiger partial charge in [-0.1, -0.05) is 18.2 Å². The molecule has 0 radical (unpaired) electrons. The average molecular weight is 383 g/mol. The van der Waals surface area contributed by atoms with E-state index in [4.69, 9.17) is 4.74 Å². The van der Waals surface area contributed by atoms with Crippen LogP contribution in [0.4, 0.5) is 0 Å². The van der Waals surface area contributed by atoms with Crippen molar-refractivity contribution in [3.63, 3.8) is 0 Å². The molecule has 1 amide bonds. The predicted molar refractivity (Wildman–Crippen MR) is 107 cm³/mol. The summed E-state index contributed by atoms with van der Waals surface area (Å²) in [5.74, 6) is 0.560. The molecule has 27 heavy (non-hydrogen) atoms. The maximum absolute atomic E-state index is 12.6. The maximum Gasteiger partial charge on any atom is 0.231 e. The van der Waals surface area contributed by atoms with Crippen LogP contribution in [-0.4, -0.2) is 35.6 Å². The topological polar surface area (TPSA) is 77.4 Å². The highest BCUT2D eigenvalue weighted by molar-refractivity contribution is 7.17. The lowest BCUT2D eigenvalue weighted by Gasteiger charge is -2.22. The van der Waals surface area contributed by atoms with Gasteiger partial charge in [-0.25, -0.2) is 0 Å². The molecule has 0 spiro atoms. The van der Waals surface area contributed by atoms with Crippen molar-refractivity contribution in [3.05, 3.63) is 47.3 Å². The molecule has 0 unspecified atom stereocenters. The fraction of sp³-hybridized carbons (Fsp3) is 0.286. The van der Waals surface area contributed by atoms with E-state index < -0.39 is 0 Å². The number of ether oxygens (including phenoxy) is 1. The van der Waals surface area contributed by atoms with Crippen LogP contribution in [0.2, 0.25) is 0 Å². The molecule has 1 aliphatic heterocycles. The van der Waals surface area contributed by atoms with E-state index in [0.717, 1.165) is 22.1 Å². The van der Waals surface area contributed by atoms with E-state index in [0.29, 0.717) is 32.0 Å². The number of amides is 1. The summed E-state index contributed by atoms with van der Waals surface area (Å²) in [5, 5.41) is 13.8. The second-order valence-corrected chi connectivity index (χ2v) is 7.84. The van der Waals surface area contributed by atoms with E-state index in [1.165, 1.54) is 4.70 Å². The number of carbonyl (C=O) groups is 1. The first-order chi connectivity index (χ1) is 13.1. The smallest absolute Gasteiger partial charge is 0.231 e. The molecule has 0 bridgehead atoms. The molecule has 2 heterocycles. The zero-order valence-corrected chi connectivity index (χ0v) is 16.1. The second-order valence-electron chi connectivity index (χ2n) is 6.93. The first-order valence-electron chi connectivity index (χ1n) is 9.11. The summed E-state index contributed by atoms with van der Waals surface area (Å²) in [6, 6.07) is 12.0. The number of rotatable bonds is 3. The number of hydrogen-bond acceptors (Lipinski definition) is 4. The molecule has 1 aliphatic rings. The number of aromatic hydroxyl groups is 1. The molecule has 0 fully saturated rings. The molecule has 0 saturated heterocycles. The molecule has 1 atom stereocenters. The Morgan fingerprint density at radius 1 is 1.37 bits per heavy atom. The van der Waals surface area contributed by atoms with Crippen molar-refractivity contribution in [2.45, 2.75) is 13.5 Å². The van der Waals surface area contributed by atoms with Gasteiger partial charge in [-0.05, 0) is 36.1 Å². The Morgan fingerprint density at radius 2 is 2.19 bits per heavy atom. The largest absolute Gasteiger partial charge is 0.504 e. The third kappa shape index (κ3) is 3.26. The van der Waals surface area contributed by atoms with Gasteiger partial charge >= 0.3 is 0 Å². The van der Waals surface area contributed by atoms with Gasteiger partial charge in [-0.15, -0.1) is 11.3 Å². The Bertz CT molecular complexity index is 998. The minimum Gasteiger partial charge on any atom is -0.504 e. The molecule has 2 aromatic carbocycles. The van der Waals surface area contributed by atoms with Crippen molar-refractivity contribution in [2.75, 3.05) is 19.7 Å². The number of fused-ring (bicyclic) bond motifs is 2. The molecule has 4 N–H and O–H groups in total. The normalized spacial score (nSPS) is 15.1. The van der Waals surface area contributed by atoms with Crippen molar-refractivity contribution < 1.29 is 20.4 Å². The highest BCUT2D eigenvalue weighted by Crippen LogP contribution is 2.41. The summed E-state index contributed by atoms with van der Waals surface area (Å²) in [5.41, 5.74) is 6.70. The summed E-state index contributed by atoms with van der Waals surface area (Å²) in [4.78, 5) is 14.4. The third-order valence-corrected chi connectivity index (χ3v) is 6.04. The van der Waals surface area contributed by atoms with Crippen molar-refractivity contribution >= 4 is 27.3 Å². The van der Waals surface area contributed by atoms with Crippen LogP contribution in [0.1, 0.15) is 12.5 Å². The highest BCUT2D eigenvalue weighted by Gasteiger charge is 2.26. The summed E-state index contributed by atoms with van der Waals surface area (Å²) in [6.07, 6.45) is 0. The summed E-state index contributed by atoms with van der Waals surface area (Å²) in [6.45, 7) is 3.77. The number of nitrogens with zero attached hydrogens (tertiary/aromatic N) is 1. The van der Waals surface area contributed by atoms with Gasteiger partial charge in [0.15, 0.2) is 11.5 Å². The fourth-order valence-corrected chi connectivity index (χ4v) is 4.45. The van der Waals surface area contributed by atoms with Crippen LogP contribution < -0.4 is 10.5 Å². The summed E-state index contributed by atoms with van der Waals surface area (Å²) >= 11 is 1.68. The summed E-state index contributed by atoms with van der Waals surface area (Å²) in [7, 11) is 0. The van der Waals surface area contributed by atoms with E-state index in [1.54, 1.807) is 22.3 Å². The molecule has 6 heteroatoms. The van der Waals surface area contributed by atoms with Gasteiger partial charge in [0, 0.05) is 27.8 Å². The molecule has 0 aliphatic carbocycles. The van der Waals surface area contributed by atoms with E-state index >= 15 is 0 Å². The van der Waals surface area contributed by atoms with Crippen LogP contribution in [0.3, 0.4) is 0 Å². The Kier molecular flexibility index (Phi) is 4.76. The first kappa shape index (κ1) is 17.8. The Labute approximate surface area is 162 Å². The lowest BCUT2D eigenvalue weighted by molar-refractivity contribution is -0.375. The van der Waals surface area contributed by atoms with Crippen LogP contribution in [0, 0.1) is 5.92 Å². The SMILES string of the molecule is C[C@H](C[NH3+])C(=O)N1CCOc2c(O)cc(-c3csc4ccccc34)cc2C1. The number of quaternary nitrogens is 1. The zero-order chi connectivity index (χ0) is 19.0. The minimum atomic E-state index is -0.121. The molecule has 4 rings (SSSR count). The van der Waals surface area contributed by atoms with E-state index in [2.05, 4.69) is 23.2 Å². The van der Waals surface area contributed by atoms with Crippen molar-refractivity contribution in [1.82, 2.24) is 4.90 Å². The van der Waals surface area contributed by atoms with Crippen LogP contribution in [0.25, 0.3) is 21.2 Å². The molecule has 1 aromatic heterocycles. The number of carbonyl (C=O) groups excluding carboxylic acids is 1. The minimum absolute atomic E-state index is 0.0762. The number of phenols is 1.